The van der Waals surface area contributed by atoms with Crippen molar-refractivity contribution in [3.05, 3.63) is 206 Å². The number of rotatable bonds is 6. The first-order chi connectivity index (χ1) is 28.8. The third kappa shape index (κ3) is 5.02. The molecule has 0 unspecified atom stereocenters. The second kappa shape index (κ2) is 12.9. The summed E-state index contributed by atoms with van der Waals surface area (Å²) in [5, 5.41) is 8.08. The molecule has 0 radical (unpaired) electrons. The number of para-hydroxylation sites is 4. The van der Waals surface area contributed by atoms with E-state index in [9.17, 15) is 0 Å². The number of nitrogens with zero attached hydrogens (tertiary/aromatic N) is 2. The molecule has 0 N–H and O–H groups in total. The molecule has 272 valence electrons. The van der Waals surface area contributed by atoms with Gasteiger partial charge < -0.3 is 13.7 Å². The smallest absolute Gasteiger partial charge is 0.213 e. The van der Waals surface area contributed by atoms with Crippen LogP contribution in [0.1, 0.15) is 0 Å². The van der Waals surface area contributed by atoms with Crippen molar-refractivity contribution in [3.63, 3.8) is 0 Å². The molecule has 0 fully saturated rings. The normalized spacial score (nSPS) is 11.8. The first-order valence-electron chi connectivity index (χ1n) is 19.7. The highest BCUT2D eigenvalue weighted by Gasteiger charge is 2.23. The summed E-state index contributed by atoms with van der Waals surface area (Å²) in [5.41, 5.74) is 13.3. The Balaban J connectivity index is 1.02. The Hall–Kier alpha value is -7.82. The number of furan rings is 2. The van der Waals surface area contributed by atoms with Crippen molar-refractivity contribution in [3.8, 4) is 27.9 Å². The van der Waals surface area contributed by atoms with Gasteiger partial charge in [-0.1, -0.05) is 140 Å². The van der Waals surface area contributed by atoms with E-state index in [2.05, 4.69) is 198 Å². The van der Waals surface area contributed by atoms with Crippen LogP contribution in [0.2, 0.25) is 0 Å². The van der Waals surface area contributed by atoms with Crippen LogP contribution >= 0.6 is 0 Å². The van der Waals surface area contributed by atoms with Gasteiger partial charge in [-0.15, -0.1) is 0 Å². The topological polar surface area (TPSA) is 34.5 Å². The molecule has 9 aromatic carbocycles. The van der Waals surface area contributed by atoms with E-state index in [-0.39, 0.29) is 0 Å². The summed E-state index contributed by atoms with van der Waals surface area (Å²) in [4.78, 5) is 2.31. The lowest BCUT2D eigenvalue weighted by atomic mass is 9.98. The zero-order chi connectivity index (χ0) is 38.2. The Kier molecular flexibility index (Phi) is 7.20. The molecule has 0 aliphatic heterocycles. The fraction of sp³-hybridized carbons (Fsp3) is 0. The lowest BCUT2D eigenvalue weighted by molar-refractivity contribution is 0.645. The number of hydrogen-bond acceptors (Lipinski definition) is 3. The first kappa shape index (κ1) is 32.4. The lowest BCUT2D eigenvalue weighted by Crippen LogP contribution is -2.10. The second-order valence-corrected chi connectivity index (χ2v) is 14.9. The fourth-order valence-corrected chi connectivity index (χ4v) is 8.90. The minimum Gasteiger partial charge on any atom is -0.454 e. The minimum absolute atomic E-state index is 0.851. The van der Waals surface area contributed by atoms with Gasteiger partial charge >= 0.3 is 0 Å². The summed E-state index contributed by atoms with van der Waals surface area (Å²) in [6.45, 7) is 0. The number of hydrogen-bond donors (Lipinski definition) is 0. The first-order valence-corrected chi connectivity index (χ1v) is 19.7. The molecule has 0 aliphatic carbocycles. The van der Waals surface area contributed by atoms with Gasteiger partial charge in [0.2, 0.25) is 5.71 Å². The standard InChI is InChI=1S/C54H34N2O2/c1-2-14-40(15-3-1)56-47-20-10-18-43(51(47)52-46-17-7-9-23-50(46)58-54(52)56)37-28-32-42(33-29-37)55(48-21-11-19-45-44-16-6-8-22-49(44)57-53(45)48)41-30-26-36(27-31-41)39-25-24-35-12-4-5-13-38(35)34-39/h1-34H. The van der Waals surface area contributed by atoms with Crippen LogP contribution in [0.25, 0.3) is 93.6 Å². The summed E-state index contributed by atoms with van der Waals surface area (Å²) < 4.78 is 15.5. The van der Waals surface area contributed by atoms with Gasteiger partial charge in [-0.25, -0.2) is 0 Å². The van der Waals surface area contributed by atoms with Gasteiger partial charge in [-0.2, -0.15) is 0 Å². The molecule has 0 saturated heterocycles. The zero-order valence-electron chi connectivity index (χ0n) is 31.3. The summed E-state index contributed by atoms with van der Waals surface area (Å²) in [7, 11) is 0. The van der Waals surface area contributed by atoms with Crippen molar-refractivity contribution < 1.29 is 8.83 Å². The van der Waals surface area contributed by atoms with E-state index in [1.165, 1.54) is 27.3 Å². The van der Waals surface area contributed by atoms with Crippen LogP contribution in [0.3, 0.4) is 0 Å². The highest BCUT2D eigenvalue weighted by molar-refractivity contribution is 6.24. The average Bonchev–Trinajstić information content (AvgIpc) is 3.96. The number of benzene rings is 9. The molecule has 12 aromatic rings. The highest BCUT2D eigenvalue weighted by Crippen LogP contribution is 2.46. The molecule has 3 heterocycles. The summed E-state index contributed by atoms with van der Waals surface area (Å²) in [6.07, 6.45) is 0. The molecule has 4 nitrogen and oxygen atoms in total. The summed E-state index contributed by atoms with van der Waals surface area (Å²) in [5.74, 6) is 0. The van der Waals surface area contributed by atoms with Crippen LogP contribution in [0.5, 0.6) is 0 Å². The van der Waals surface area contributed by atoms with Crippen molar-refractivity contribution in [1.82, 2.24) is 4.57 Å². The van der Waals surface area contributed by atoms with Crippen molar-refractivity contribution in [2.45, 2.75) is 0 Å². The molecule has 0 aliphatic rings. The lowest BCUT2D eigenvalue weighted by Gasteiger charge is -2.26. The van der Waals surface area contributed by atoms with E-state index in [0.29, 0.717) is 0 Å². The third-order valence-corrected chi connectivity index (χ3v) is 11.6. The van der Waals surface area contributed by atoms with Crippen LogP contribution in [0, 0.1) is 0 Å². The Morgan fingerprint density at radius 1 is 0.397 bits per heavy atom. The van der Waals surface area contributed by atoms with Crippen molar-refractivity contribution >= 4 is 82.7 Å². The predicted octanol–water partition coefficient (Wildman–Crippen LogP) is 15.4. The van der Waals surface area contributed by atoms with E-state index < -0.39 is 0 Å². The molecule has 0 atom stereocenters. The van der Waals surface area contributed by atoms with E-state index >= 15 is 0 Å². The van der Waals surface area contributed by atoms with Crippen LogP contribution in [-0.2, 0) is 0 Å². The number of aromatic nitrogens is 1. The minimum atomic E-state index is 0.851. The molecule has 0 saturated carbocycles. The van der Waals surface area contributed by atoms with Gasteiger partial charge in [-0.3, -0.25) is 4.57 Å². The quantitative estimate of drug-likeness (QED) is 0.170. The van der Waals surface area contributed by atoms with Gasteiger partial charge in [0.1, 0.15) is 11.2 Å². The summed E-state index contributed by atoms with van der Waals surface area (Å²) in [6, 6.07) is 73.1. The van der Waals surface area contributed by atoms with Gasteiger partial charge in [0, 0.05) is 38.6 Å². The van der Waals surface area contributed by atoms with Crippen molar-refractivity contribution in [1.29, 1.82) is 0 Å². The highest BCUT2D eigenvalue weighted by atomic mass is 16.3. The summed E-state index contributed by atoms with van der Waals surface area (Å²) >= 11 is 0. The van der Waals surface area contributed by atoms with Crippen LogP contribution in [-0.4, -0.2) is 4.57 Å². The van der Waals surface area contributed by atoms with E-state index in [1.807, 2.05) is 18.2 Å². The molecular formula is C54H34N2O2. The van der Waals surface area contributed by atoms with Crippen molar-refractivity contribution in [2.24, 2.45) is 0 Å². The zero-order valence-corrected chi connectivity index (χ0v) is 31.3. The number of anilines is 3. The SMILES string of the molecule is c1ccc(-n2c3cccc(-c4ccc(N(c5ccc(-c6ccc7ccccc7c6)cc5)c5cccc6c5oc5ccccc56)cc4)c3c3c4ccccc4oc32)cc1. The van der Waals surface area contributed by atoms with E-state index in [0.717, 1.165) is 83.4 Å². The monoisotopic (exact) mass is 742 g/mol. The Labute approximate surface area is 334 Å². The van der Waals surface area contributed by atoms with Crippen LogP contribution in [0.4, 0.5) is 17.1 Å². The molecule has 0 amide bonds. The Morgan fingerprint density at radius 3 is 1.81 bits per heavy atom. The molecule has 58 heavy (non-hydrogen) atoms. The van der Waals surface area contributed by atoms with E-state index in [4.69, 9.17) is 8.83 Å². The Morgan fingerprint density at radius 2 is 1.02 bits per heavy atom. The maximum absolute atomic E-state index is 6.64. The number of fused-ring (bicyclic) bond motifs is 9. The Bertz CT molecular complexity index is 3500. The van der Waals surface area contributed by atoms with Gasteiger partial charge in [0.25, 0.3) is 0 Å². The third-order valence-electron chi connectivity index (χ3n) is 11.6. The van der Waals surface area contributed by atoms with E-state index in [1.54, 1.807) is 0 Å². The molecule has 0 spiro atoms. The second-order valence-electron chi connectivity index (χ2n) is 14.9. The fourth-order valence-electron chi connectivity index (χ4n) is 8.90. The molecular weight excluding hydrogens is 709 g/mol. The average molecular weight is 743 g/mol. The van der Waals surface area contributed by atoms with Crippen molar-refractivity contribution in [2.75, 3.05) is 4.90 Å². The molecule has 0 bridgehead atoms. The predicted molar refractivity (Wildman–Crippen MR) is 241 cm³/mol. The van der Waals surface area contributed by atoms with Gasteiger partial charge in [-0.05, 0) is 99.8 Å². The van der Waals surface area contributed by atoms with Gasteiger partial charge in [0.05, 0.1) is 16.6 Å². The molecule has 3 aromatic heterocycles. The molecule has 12 rings (SSSR count). The van der Waals surface area contributed by atoms with Crippen LogP contribution < -0.4 is 4.90 Å². The van der Waals surface area contributed by atoms with Gasteiger partial charge in [0.15, 0.2) is 5.58 Å². The van der Waals surface area contributed by atoms with Crippen LogP contribution in [0.15, 0.2) is 215 Å². The maximum Gasteiger partial charge on any atom is 0.213 e. The largest absolute Gasteiger partial charge is 0.454 e. The molecule has 4 heteroatoms. The maximum atomic E-state index is 6.64.